The van der Waals surface area contributed by atoms with Gasteiger partial charge in [-0.1, -0.05) is 135 Å². The third-order valence-corrected chi connectivity index (χ3v) is 7.43. The van der Waals surface area contributed by atoms with Gasteiger partial charge >= 0.3 is 0 Å². The van der Waals surface area contributed by atoms with Crippen molar-refractivity contribution in [2.75, 3.05) is 40.3 Å². The summed E-state index contributed by atoms with van der Waals surface area (Å²) in [5, 5.41) is 0. The zero-order valence-electron chi connectivity index (χ0n) is 25.1. The lowest BCUT2D eigenvalue weighted by Crippen LogP contribution is -2.33. The van der Waals surface area contributed by atoms with Crippen molar-refractivity contribution in [3.05, 3.63) is 12.2 Å². The van der Waals surface area contributed by atoms with Gasteiger partial charge in [0, 0.05) is 13.1 Å². The van der Waals surface area contributed by atoms with Crippen molar-refractivity contribution in [3.63, 3.8) is 0 Å². The molecule has 2 nitrogen and oxygen atoms in total. The Labute approximate surface area is 223 Å². The molecule has 0 saturated carbocycles. The van der Waals surface area contributed by atoms with Crippen LogP contribution < -0.4 is 0 Å². The van der Waals surface area contributed by atoms with E-state index in [0.29, 0.717) is 0 Å². The van der Waals surface area contributed by atoms with Gasteiger partial charge in [0.2, 0.25) is 0 Å². The fourth-order valence-corrected chi connectivity index (χ4v) is 4.91. The molecule has 0 fully saturated rings. The van der Waals surface area contributed by atoms with Gasteiger partial charge in [-0.05, 0) is 65.7 Å². The summed E-state index contributed by atoms with van der Waals surface area (Å²) in [5.74, 6) is 0. The van der Waals surface area contributed by atoms with Crippen molar-refractivity contribution < 1.29 is 0 Å². The maximum Gasteiger partial charge on any atom is 0.0109 e. The van der Waals surface area contributed by atoms with Gasteiger partial charge in [0.1, 0.15) is 0 Å². The Morgan fingerprint density at radius 3 is 1.09 bits per heavy atom. The maximum absolute atomic E-state index is 2.74. The summed E-state index contributed by atoms with van der Waals surface area (Å²) >= 11 is 0. The predicted octanol–water partition coefficient (Wildman–Crippen LogP) is 10.4. The van der Waals surface area contributed by atoms with E-state index in [1.165, 1.54) is 174 Å². The zero-order valence-corrected chi connectivity index (χ0v) is 25.1. The third kappa shape index (κ3) is 29.8. The summed E-state index contributed by atoms with van der Waals surface area (Å²) in [5.41, 5.74) is 0. The molecule has 0 bridgehead atoms. The standard InChI is InChI=1S/C33H68N2/c1-5-7-9-11-13-14-15-16-17-18-19-20-21-22-23-25-27-29-31-35(33-32-34(3)4)30-28-26-24-12-10-8-6-2/h16-17H,5-15,18-33H2,1-4H3/b17-16+. The van der Waals surface area contributed by atoms with E-state index in [9.17, 15) is 0 Å². The first-order valence-electron chi connectivity index (χ1n) is 16.2. The van der Waals surface area contributed by atoms with Crippen molar-refractivity contribution in [1.82, 2.24) is 9.80 Å². The smallest absolute Gasteiger partial charge is 0.0109 e. The van der Waals surface area contributed by atoms with Crippen molar-refractivity contribution in [2.24, 2.45) is 0 Å². The minimum Gasteiger partial charge on any atom is -0.308 e. The highest BCUT2D eigenvalue weighted by Crippen LogP contribution is 2.12. The van der Waals surface area contributed by atoms with Gasteiger partial charge < -0.3 is 9.80 Å². The first-order valence-corrected chi connectivity index (χ1v) is 16.2. The van der Waals surface area contributed by atoms with E-state index < -0.39 is 0 Å². The fraction of sp³-hybridized carbons (Fsp3) is 0.939. The molecule has 0 atom stereocenters. The second kappa shape index (κ2) is 29.9. The zero-order chi connectivity index (χ0) is 25.7. The summed E-state index contributed by atoms with van der Waals surface area (Å²) in [7, 11) is 4.41. The van der Waals surface area contributed by atoms with E-state index in [4.69, 9.17) is 0 Å². The molecular formula is C33H68N2. The summed E-state index contributed by atoms with van der Waals surface area (Å²) in [6.07, 6.45) is 37.3. The number of rotatable bonds is 29. The van der Waals surface area contributed by atoms with Gasteiger partial charge in [-0.3, -0.25) is 0 Å². The minimum absolute atomic E-state index is 1.20. The molecule has 0 aromatic rings. The Morgan fingerprint density at radius 1 is 0.371 bits per heavy atom. The van der Waals surface area contributed by atoms with Crippen LogP contribution in [0.25, 0.3) is 0 Å². The van der Waals surface area contributed by atoms with Gasteiger partial charge in [0.15, 0.2) is 0 Å². The van der Waals surface area contributed by atoms with Gasteiger partial charge in [-0.2, -0.15) is 0 Å². The van der Waals surface area contributed by atoms with E-state index in [1.54, 1.807) is 0 Å². The van der Waals surface area contributed by atoms with Crippen LogP contribution in [0.15, 0.2) is 12.2 Å². The van der Waals surface area contributed by atoms with Crippen LogP contribution >= 0.6 is 0 Å². The summed E-state index contributed by atoms with van der Waals surface area (Å²) < 4.78 is 0. The van der Waals surface area contributed by atoms with Crippen LogP contribution in [-0.2, 0) is 0 Å². The Balaban J connectivity index is 3.54. The number of nitrogens with zero attached hydrogens (tertiary/aromatic N) is 2. The normalized spacial score (nSPS) is 12.1. The summed E-state index contributed by atoms with van der Waals surface area (Å²) in [6.45, 7) is 9.68. The van der Waals surface area contributed by atoms with Gasteiger partial charge in [-0.15, -0.1) is 0 Å². The highest BCUT2D eigenvalue weighted by molar-refractivity contribution is 4.81. The summed E-state index contributed by atoms with van der Waals surface area (Å²) in [4.78, 5) is 5.08. The van der Waals surface area contributed by atoms with E-state index in [0.717, 1.165) is 0 Å². The molecular weight excluding hydrogens is 424 g/mol. The molecule has 0 radical (unpaired) electrons. The van der Waals surface area contributed by atoms with Crippen LogP contribution in [0.3, 0.4) is 0 Å². The Bertz CT molecular complexity index is 404. The molecule has 0 aromatic carbocycles. The molecule has 0 unspecified atom stereocenters. The van der Waals surface area contributed by atoms with Crippen LogP contribution in [0.1, 0.15) is 162 Å². The molecule has 0 aromatic heterocycles. The van der Waals surface area contributed by atoms with E-state index >= 15 is 0 Å². The lowest BCUT2D eigenvalue weighted by atomic mass is 10.1. The molecule has 210 valence electrons. The monoisotopic (exact) mass is 493 g/mol. The topological polar surface area (TPSA) is 6.48 Å². The molecule has 0 aliphatic heterocycles. The Morgan fingerprint density at radius 2 is 0.714 bits per heavy atom. The van der Waals surface area contributed by atoms with Crippen LogP contribution in [0, 0.1) is 0 Å². The molecule has 0 aliphatic carbocycles. The van der Waals surface area contributed by atoms with Crippen LogP contribution in [0.4, 0.5) is 0 Å². The number of allylic oxidation sites excluding steroid dienone is 2. The molecule has 0 heterocycles. The number of hydrogen-bond donors (Lipinski definition) is 0. The summed E-state index contributed by atoms with van der Waals surface area (Å²) in [6, 6.07) is 0. The molecule has 0 N–H and O–H groups in total. The first kappa shape index (κ1) is 34.7. The minimum atomic E-state index is 1.20. The van der Waals surface area contributed by atoms with Crippen molar-refractivity contribution in [3.8, 4) is 0 Å². The van der Waals surface area contributed by atoms with Crippen molar-refractivity contribution >= 4 is 0 Å². The van der Waals surface area contributed by atoms with Crippen LogP contribution in [0.2, 0.25) is 0 Å². The molecule has 0 spiro atoms. The molecule has 0 rings (SSSR count). The number of unbranched alkanes of at least 4 members (excludes halogenated alkanes) is 20. The fourth-order valence-electron chi connectivity index (χ4n) is 4.91. The Hall–Kier alpha value is -0.340. The molecule has 35 heavy (non-hydrogen) atoms. The first-order chi connectivity index (χ1) is 17.2. The number of likely N-dealkylation sites (N-methyl/N-ethyl adjacent to an activating group) is 1. The van der Waals surface area contributed by atoms with E-state index in [2.05, 4.69) is 49.9 Å². The maximum atomic E-state index is 2.74. The SMILES string of the molecule is CCCCCCCC/C=C/CCCCCCCCCCN(CCCCCCCCC)CCN(C)C. The van der Waals surface area contributed by atoms with Crippen molar-refractivity contribution in [1.29, 1.82) is 0 Å². The Kier molecular flexibility index (Phi) is 29.6. The predicted molar refractivity (Wildman–Crippen MR) is 162 cm³/mol. The number of hydrogen-bond acceptors (Lipinski definition) is 2. The van der Waals surface area contributed by atoms with E-state index in [1.807, 2.05) is 0 Å². The highest BCUT2D eigenvalue weighted by Gasteiger charge is 2.05. The second-order valence-corrected chi connectivity index (χ2v) is 11.4. The molecule has 0 saturated heterocycles. The third-order valence-electron chi connectivity index (χ3n) is 7.43. The van der Waals surface area contributed by atoms with Crippen LogP contribution in [0.5, 0.6) is 0 Å². The average molecular weight is 493 g/mol. The molecule has 0 amide bonds. The van der Waals surface area contributed by atoms with Gasteiger partial charge in [-0.25, -0.2) is 0 Å². The quantitative estimate of drug-likeness (QED) is 0.0756. The molecule has 0 aliphatic rings. The highest BCUT2D eigenvalue weighted by atomic mass is 15.2. The van der Waals surface area contributed by atoms with Crippen molar-refractivity contribution in [2.45, 2.75) is 162 Å². The molecule has 2 heteroatoms. The van der Waals surface area contributed by atoms with Gasteiger partial charge in [0.05, 0.1) is 0 Å². The van der Waals surface area contributed by atoms with E-state index in [-0.39, 0.29) is 0 Å². The van der Waals surface area contributed by atoms with Gasteiger partial charge in [0.25, 0.3) is 0 Å². The lowest BCUT2D eigenvalue weighted by molar-refractivity contribution is 0.231. The second-order valence-electron chi connectivity index (χ2n) is 11.4. The lowest BCUT2D eigenvalue weighted by Gasteiger charge is -2.24. The average Bonchev–Trinajstić information content (AvgIpc) is 2.85. The van der Waals surface area contributed by atoms with Crippen LogP contribution in [-0.4, -0.2) is 50.1 Å². The largest absolute Gasteiger partial charge is 0.308 e.